The Kier molecular flexibility index (Phi) is 8.89. The molecule has 1 saturated carbocycles. The van der Waals surface area contributed by atoms with Gasteiger partial charge in [-0.2, -0.15) is 0 Å². The highest BCUT2D eigenvalue weighted by atomic mass is 16.2. The smallest absolute Gasteiger partial charge is 0.248 e. The van der Waals surface area contributed by atoms with Gasteiger partial charge in [0.05, 0.1) is 11.4 Å². The molecule has 5 N–H and O–H groups in total. The average molecular weight is 483 g/mol. The maximum Gasteiger partial charge on any atom is 0.248 e. The van der Waals surface area contributed by atoms with Gasteiger partial charge in [-0.25, -0.2) is 0 Å². The van der Waals surface area contributed by atoms with Crippen LogP contribution >= 0.6 is 0 Å². The molecular formula is C30H34N4O2. The molecule has 1 fully saturated rings. The first-order valence-corrected chi connectivity index (χ1v) is 12.6. The second-order valence-electron chi connectivity index (χ2n) is 9.22. The minimum atomic E-state index is -0.463. The summed E-state index contributed by atoms with van der Waals surface area (Å²) in [6, 6.07) is 24.7. The molecule has 0 aliphatic heterocycles. The SMILES string of the molecule is Nc1ccccc1NC(=O)C=Cc1ccc(C(NCc2ccccc2)C(=O)NC2CCCCC2)cc1. The van der Waals surface area contributed by atoms with Crippen molar-refractivity contribution < 1.29 is 9.59 Å². The third-order valence-corrected chi connectivity index (χ3v) is 6.48. The topological polar surface area (TPSA) is 96.2 Å². The van der Waals surface area contributed by atoms with Gasteiger partial charge in [0, 0.05) is 18.7 Å². The first kappa shape index (κ1) is 25.2. The Labute approximate surface area is 213 Å². The molecule has 0 saturated heterocycles. The van der Waals surface area contributed by atoms with Crippen LogP contribution in [0.3, 0.4) is 0 Å². The minimum absolute atomic E-state index is 0.000880. The van der Waals surface area contributed by atoms with Gasteiger partial charge in [-0.3, -0.25) is 14.9 Å². The Bertz CT molecular complexity index is 1170. The highest BCUT2D eigenvalue weighted by molar-refractivity contribution is 6.03. The Morgan fingerprint density at radius 3 is 2.31 bits per heavy atom. The number of benzene rings is 3. The lowest BCUT2D eigenvalue weighted by Gasteiger charge is -2.26. The second kappa shape index (κ2) is 12.7. The third kappa shape index (κ3) is 7.30. The predicted molar refractivity (Wildman–Crippen MR) is 146 cm³/mol. The summed E-state index contributed by atoms with van der Waals surface area (Å²) in [6.07, 6.45) is 8.87. The van der Waals surface area contributed by atoms with Crippen LogP contribution in [-0.2, 0) is 16.1 Å². The quantitative estimate of drug-likeness (QED) is 0.249. The van der Waals surface area contributed by atoms with Gasteiger partial charge in [0.25, 0.3) is 0 Å². The highest BCUT2D eigenvalue weighted by Crippen LogP contribution is 2.21. The van der Waals surface area contributed by atoms with Crippen LogP contribution in [0.25, 0.3) is 6.08 Å². The van der Waals surface area contributed by atoms with E-state index < -0.39 is 6.04 Å². The predicted octanol–water partition coefficient (Wildman–Crippen LogP) is 5.20. The molecule has 0 radical (unpaired) electrons. The molecule has 0 bridgehead atoms. The molecule has 4 rings (SSSR count). The van der Waals surface area contributed by atoms with Crippen LogP contribution in [0.4, 0.5) is 11.4 Å². The van der Waals surface area contributed by atoms with Crippen molar-refractivity contribution in [3.05, 3.63) is 102 Å². The summed E-state index contributed by atoms with van der Waals surface area (Å²) in [5.41, 5.74) is 9.86. The number of nitrogens with two attached hydrogens (primary N) is 1. The van der Waals surface area contributed by atoms with E-state index in [0.717, 1.165) is 29.5 Å². The van der Waals surface area contributed by atoms with Crippen LogP contribution in [0.1, 0.15) is 54.8 Å². The molecule has 0 aromatic heterocycles. The molecule has 3 aromatic carbocycles. The van der Waals surface area contributed by atoms with Gasteiger partial charge >= 0.3 is 0 Å². The number of nitrogen functional groups attached to an aromatic ring is 1. The van der Waals surface area contributed by atoms with Gasteiger partial charge in [0.1, 0.15) is 6.04 Å². The van der Waals surface area contributed by atoms with Crippen LogP contribution in [0, 0.1) is 0 Å². The Balaban J connectivity index is 1.43. The summed E-state index contributed by atoms with van der Waals surface area (Å²) in [5, 5.41) is 9.48. The largest absolute Gasteiger partial charge is 0.397 e. The summed E-state index contributed by atoms with van der Waals surface area (Å²) >= 11 is 0. The van der Waals surface area contributed by atoms with E-state index in [2.05, 4.69) is 16.0 Å². The number of para-hydroxylation sites is 2. The van der Waals surface area contributed by atoms with E-state index in [1.54, 1.807) is 18.2 Å². The number of anilines is 2. The van der Waals surface area contributed by atoms with Gasteiger partial charge in [0.15, 0.2) is 0 Å². The fourth-order valence-electron chi connectivity index (χ4n) is 4.47. The van der Waals surface area contributed by atoms with Crippen molar-refractivity contribution in [2.75, 3.05) is 11.1 Å². The Morgan fingerprint density at radius 2 is 1.58 bits per heavy atom. The summed E-state index contributed by atoms with van der Waals surface area (Å²) in [4.78, 5) is 25.6. The lowest BCUT2D eigenvalue weighted by Crippen LogP contribution is -2.43. The van der Waals surface area contributed by atoms with E-state index in [-0.39, 0.29) is 17.9 Å². The molecule has 0 spiro atoms. The van der Waals surface area contributed by atoms with Crippen molar-refractivity contribution >= 4 is 29.3 Å². The van der Waals surface area contributed by atoms with E-state index in [1.165, 1.54) is 25.3 Å². The van der Waals surface area contributed by atoms with Crippen molar-refractivity contribution in [1.82, 2.24) is 10.6 Å². The number of nitrogens with one attached hydrogen (secondary N) is 3. The fraction of sp³-hybridized carbons (Fsp3) is 0.267. The summed E-state index contributed by atoms with van der Waals surface area (Å²) in [6.45, 7) is 0.591. The van der Waals surface area contributed by atoms with E-state index in [1.807, 2.05) is 66.7 Å². The molecule has 6 nitrogen and oxygen atoms in total. The zero-order valence-electron chi connectivity index (χ0n) is 20.5. The van der Waals surface area contributed by atoms with Crippen molar-refractivity contribution in [3.63, 3.8) is 0 Å². The maximum atomic E-state index is 13.3. The first-order chi connectivity index (χ1) is 17.6. The highest BCUT2D eigenvalue weighted by Gasteiger charge is 2.24. The number of hydrogen-bond donors (Lipinski definition) is 4. The standard InChI is InChI=1S/C30H34N4O2/c31-26-13-7-8-14-27(26)34-28(35)20-17-22-15-18-24(19-16-22)29(32-21-23-9-3-1-4-10-23)30(36)33-25-11-5-2-6-12-25/h1,3-4,7-10,13-20,25,29,32H,2,5-6,11-12,21,31H2,(H,33,36)(H,34,35). The molecule has 2 amide bonds. The van der Waals surface area contributed by atoms with E-state index in [9.17, 15) is 9.59 Å². The van der Waals surface area contributed by atoms with E-state index in [0.29, 0.717) is 17.9 Å². The van der Waals surface area contributed by atoms with Crippen molar-refractivity contribution in [3.8, 4) is 0 Å². The lowest BCUT2D eigenvalue weighted by atomic mass is 9.94. The van der Waals surface area contributed by atoms with Gasteiger partial charge in [-0.1, -0.05) is 86.0 Å². The third-order valence-electron chi connectivity index (χ3n) is 6.48. The molecule has 1 atom stereocenters. The van der Waals surface area contributed by atoms with Crippen molar-refractivity contribution in [1.29, 1.82) is 0 Å². The van der Waals surface area contributed by atoms with Gasteiger partial charge in [-0.05, 0) is 47.7 Å². The van der Waals surface area contributed by atoms with Crippen LogP contribution < -0.4 is 21.7 Å². The minimum Gasteiger partial charge on any atom is -0.397 e. The zero-order chi connectivity index (χ0) is 25.2. The molecular weight excluding hydrogens is 448 g/mol. The maximum absolute atomic E-state index is 13.3. The normalized spacial score (nSPS) is 14.9. The number of carbonyl (C=O) groups excluding carboxylic acids is 2. The molecule has 36 heavy (non-hydrogen) atoms. The fourth-order valence-corrected chi connectivity index (χ4v) is 4.47. The van der Waals surface area contributed by atoms with Crippen molar-refractivity contribution in [2.45, 2.75) is 50.7 Å². The van der Waals surface area contributed by atoms with E-state index in [4.69, 9.17) is 5.73 Å². The molecule has 0 heterocycles. The Hall–Kier alpha value is -3.90. The average Bonchev–Trinajstić information content (AvgIpc) is 2.91. The Morgan fingerprint density at radius 1 is 0.889 bits per heavy atom. The second-order valence-corrected chi connectivity index (χ2v) is 9.22. The monoisotopic (exact) mass is 482 g/mol. The number of amides is 2. The van der Waals surface area contributed by atoms with Crippen LogP contribution in [0.2, 0.25) is 0 Å². The van der Waals surface area contributed by atoms with Crippen LogP contribution in [0.15, 0.2) is 84.9 Å². The first-order valence-electron chi connectivity index (χ1n) is 12.6. The molecule has 1 aliphatic carbocycles. The zero-order valence-corrected chi connectivity index (χ0v) is 20.5. The number of hydrogen-bond acceptors (Lipinski definition) is 4. The summed E-state index contributed by atoms with van der Waals surface area (Å²) in [5.74, 6) is -0.257. The summed E-state index contributed by atoms with van der Waals surface area (Å²) < 4.78 is 0. The molecule has 6 heteroatoms. The van der Waals surface area contributed by atoms with Gasteiger partial charge in [0.2, 0.25) is 11.8 Å². The van der Waals surface area contributed by atoms with E-state index >= 15 is 0 Å². The van der Waals surface area contributed by atoms with Gasteiger partial charge in [-0.15, -0.1) is 0 Å². The lowest BCUT2D eigenvalue weighted by molar-refractivity contribution is -0.124. The van der Waals surface area contributed by atoms with Crippen LogP contribution in [0.5, 0.6) is 0 Å². The molecule has 1 aliphatic rings. The molecule has 1 unspecified atom stereocenters. The number of carbonyl (C=O) groups is 2. The molecule has 3 aromatic rings. The van der Waals surface area contributed by atoms with Crippen molar-refractivity contribution in [2.24, 2.45) is 0 Å². The van der Waals surface area contributed by atoms with Gasteiger partial charge < -0.3 is 16.4 Å². The summed E-state index contributed by atoms with van der Waals surface area (Å²) in [7, 11) is 0. The number of rotatable bonds is 9. The molecule has 186 valence electrons. The van der Waals surface area contributed by atoms with Crippen LogP contribution in [-0.4, -0.2) is 17.9 Å².